The van der Waals surface area contributed by atoms with E-state index in [4.69, 9.17) is 0 Å². The van der Waals surface area contributed by atoms with Gasteiger partial charge in [-0.1, -0.05) is 43.2 Å². The van der Waals surface area contributed by atoms with Crippen molar-refractivity contribution in [1.29, 1.82) is 0 Å². The van der Waals surface area contributed by atoms with Gasteiger partial charge in [-0.2, -0.15) is 0 Å². The molecular formula is C19H25N5O2. The Morgan fingerprint density at radius 3 is 2.88 bits per heavy atom. The van der Waals surface area contributed by atoms with Crippen LogP contribution < -0.4 is 0 Å². The highest BCUT2D eigenvalue weighted by Gasteiger charge is 2.44. The summed E-state index contributed by atoms with van der Waals surface area (Å²) in [7, 11) is 0. The van der Waals surface area contributed by atoms with E-state index >= 15 is 0 Å². The van der Waals surface area contributed by atoms with Crippen LogP contribution in [0, 0.1) is 5.92 Å². The molecule has 0 radical (unpaired) electrons. The number of carbonyl (C=O) groups is 1. The molecule has 1 aliphatic heterocycles. The van der Waals surface area contributed by atoms with Gasteiger partial charge < -0.3 is 10.0 Å². The number of nitrogens with zero attached hydrogens (tertiary/aromatic N) is 5. The number of hydrogen-bond donors (Lipinski definition) is 1. The van der Waals surface area contributed by atoms with Crippen LogP contribution in [0.4, 0.5) is 0 Å². The minimum absolute atomic E-state index is 0.0359. The highest BCUT2D eigenvalue weighted by molar-refractivity contribution is 5.80. The van der Waals surface area contributed by atoms with E-state index in [0.717, 1.165) is 31.2 Å². The molecular weight excluding hydrogens is 330 g/mol. The minimum Gasteiger partial charge on any atom is -0.389 e. The lowest BCUT2D eigenvalue weighted by Crippen LogP contribution is -2.55. The fourth-order valence-electron chi connectivity index (χ4n) is 4.42. The first-order chi connectivity index (χ1) is 12.7. The van der Waals surface area contributed by atoms with E-state index in [2.05, 4.69) is 15.5 Å². The third kappa shape index (κ3) is 3.35. The predicted octanol–water partition coefficient (Wildman–Crippen LogP) is 1.61. The maximum atomic E-state index is 13.3. The number of likely N-dealkylation sites (tertiary alicyclic amines) is 1. The van der Waals surface area contributed by atoms with Gasteiger partial charge >= 0.3 is 0 Å². The van der Waals surface area contributed by atoms with E-state index in [1.807, 2.05) is 35.2 Å². The molecule has 2 heterocycles. The van der Waals surface area contributed by atoms with Crippen molar-refractivity contribution in [3.05, 3.63) is 42.2 Å². The second kappa shape index (κ2) is 7.15. The Hall–Kier alpha value is -2.28. The Morgan fingerprint density at radius 1 is 1.27 bits per heavy atom. The number of rotatable bonds is 4. The zero-order valence-corrected chi connectivity index (χ0v) is 14.9. The maximum Gasteiger partial charge on any atom is 0.247 e. The van der Waals surface area contributed by atoms with Crippen molar-refractivity contribution in [2.45, 2.75) is 50.2 Å². The SMILES string of the molecule is O=C(C(Cc1ccccc1)n1cnnn1)N1CCC2(O)CCCCC2C1. The predicted molar refractivity (Wildman–Crippen MR) is 95.1 cm³/mol. The number of amides is 1. The molecule has 4 rings (SSSR count). The molecule has 3 unspecified atom stereocenters. The number of aromatic nitrogens is 4. The van der Waals surface area contributed by atoms with Crippen LogP contribution in [0.25, 0.3) is 0 Å². The summed E-state index contributed by atoms with van der Waals surface area (Å²) in [5.74, 6) is 0.217. The van der Waals surface area contributed by atoms with Crippen molar-refractivity contribution in [2.24, 2.45) is 5.92 Å². The Balaban J connectivity index is 1.53. The third-order valence-corrected chi connectivity index (χ3v) is 5.98. The van der Waals surface area contributed by atoms with E-state index in [1.54, 1.807) is 4.68 Å². The average molecular weight is 355 g/mol. The summed E-state index contributed by atoms with van der Waals surface area (Å²) in [4.78, 5) is 15.2. The number of piperidine rings is 1. The summed E-state index contributed by atoms with van der Waals surface area (Å²) < 4.78 is 1.55. The van der Waals surface area contributed by atoms with Crippen LogP contribution in [-0.4, -0.2) is 54.8 Å². The quantitative estimate of drug-likeness (QED) is 0.901. The van der Waals surface area contributed by atoms with Crippen LogP contribution in [0.3, 0.4) is 0 Å². The molecule has 1 aliphatic carbocycles. The van der Waals surface area contributed by atoms with E-state index in [1.165, 1.54) is 6.33 Å². The number of benzene rings is 1. The fourth-order valence-corrected chi connectivity index (χ4v) is 4.42. The summed E-state index contributed by atoms with van der Waals surface area (Å²) in [5.41, 5.74) is 0.492. The lowest BCUT2D eigenvalue weighted by atomic mass is 9.71. The van der Waals surface area contributed by atoms with Crippen molar-refractivity contribution >= 4 is 5.91 Å². The Bertz CT molecular complexity index is 736. The molecule has 0 bridgehead atoms. The van der Waals surface area contributed by atoms with Crippen LogP contribution in [0.15, 0.2) is 36.7 Å². The second-order valence-corrected chi connectivity index (χ2v) is 7.58. The van der Waals surface area contributed by atoms with E-state index < -0.39 is 11.6 Å². The van der Waals surface area contributed by atoms with E-state index in [0.29, 0.717) is 25.9 Å². The van der Waals surface area contributed by atoms with E-state index in [-0.39, 0.29) is 11.8 Å². The van der Waals surface area contributed by atoms with Crippen molar-refractivity contribution in [2.75, 3.05) is 13.1 Å². The zero-order valence-electron chi connectivity index (χ0n) is 14.9. The summed E-state index contributed by atoms with van der Waals surface area (Å²) in [6.45, 7) is 1.22. The molecule has 1 aromatic carbocycles. The number of fused-ring (bicyclic) bond motifs is 1. The monoisotopic (exact) mass is 355 g/mol. The highest BCUT2D eigenvalue weighted by Crippen LogP contribution is 2.40. The molecule has 1 amide bonds. The molecule has 1 saturated heterocycles. The largest absolute Gasteiger partial charge is 0.389 e. The number of hydrogen-bond acceptors (Lipinski definition) is 5. The minimum atomic E-state index is -0.585. The Kier molecular flexibility index (Phi) is 4.72. The van der Waals surface area contributed by atoms with Crippen molar-refractivity contribution in [3.8, 4) is 0 Å². The van der Waals surface area contributed by atoms with Crippen LogP contribution in [0.2, 0.25) is 0 Å². The fraction of sp³-hybridized carbons (Fsp3) is 0.579. The summed E-state index contributed by atoms with van der Waals surface area (Å²) in [6, 6.07) is 9.48. The van der Waals surface area contributed by atoms with Gasteiger partial charge in [0.1, 0.15) is 12.4 Å². The molecule has 1 aromatic heterocycles. The van der Waals surface area contributed by atoms with Crippen LogP contribution in [0.1, 0.15) is 43.7 Å². The molecule has 26 heavy (non-hydrogen) atoms. The standard InChI is InChI=1S/C19H25N5O2/c25-18(23-11-10-19(26)9-5-4-8-16(19)13-23)17(24-14-20-21-22-24)12-15-6-2-1-3-7-15/h1-3,6-7,14,16-17,26H,4-5,8-13H2. The Morgan fingerprint density at radius 2 is 2.12 bits per heavy atom. The zero-order chi connectivity index (χ0) is 18.0. The molecule has 2 fully saturated rings. The summed E-state index contributed by atoms with van der Waals surface area (Å²) in [5, 5.41) is 22.3. The Labute approximate surface area is 153 Å². The van der Waals surface area contributed by atoms with Gasteiger partial charge in [0.2, 0.25) is 5.91 Å². The third-order valence-electron chi connectivity index (χ3n) is 5.98. The first kappa shape index (κ1) is 17.1. The van der Waals surface area contributed by atoms with Gasteiger partial charge in [0.15, 0.2) is 0 Å². The molecule has 3 atom stereocenters. The van der Waals surface area contributed by atoms with Gasteiger partial charge in [-0.05, 0) is 35.3 Å². The van der Waals surface area contributed by atoms with Gasteiger partial charge in [0, 0.05) is 25.4 Å². The van der Waals surface area contributed by atoms with Gasteiger partial charge in [-0.3, -0.25) is 4.79 Å². The molecule has 1 N–H and O–H groups in total. The van der Waals surface area contributed by atoms with Crippen LogP contribution >= 0.6 is 0 Å². The smallest absolute Gasteiger partial charge is 0.247 e. The number of tetrazole rings is 1. The number of carbonyl (C=O) groups excluding carboxylic acids is 1. The number of aliphatic hydroxyl groups is 1. The molecule has 1 saturated carbocycles. The molecule has 0 spiro atoms. The first-order valence-corrected chi connectivity index (χ1v) is 9.43. The van der Waals surface area contributed by atoms with Gasteiger partial charge in [0.05, 0.1) is 5.60 Å². The van der Waals surface area contributed by atoms with Crippen molar-refractivity contribution < 1.29 is 9.90 Å². The molecule has 7 heteroatoms. The normalized spacial score (nSPS) is 27.0. The van der Waals surface area contributed by atoms with Crippen LogP contribution in [0.5, 0.6) is 0 Å². The van der Waals surface area contributed by atoms with Gasteiger partial charge in [-0.15, -0.1) is 5.10 Å². The molecule has 7 nitrogen and oxygen atoms in total. The van der Waals surface area contributed by atoms with Crippen molar-refractivity contribution in [1.82, 2.24) is 25.1 Å². The second-order valence-electron chi connectivity index (χ2n) is 7.58. The first-order valence-electron chi connectivity index (χ1n) is 9.43. The van der Waals surface area contributed by atoms with Crippen molar-refractivity contribution in [3.63, 3.8) is 0 Å². The highest BCUT2D eigenvalue weighted by atomic mass is 16.3. The van der Waals surface area contributed by atoms with Crippen LogP contribution in [-0.2, 0) is 11.2 Å². The summed E-state index contributed by atoms with van der Waals surface area (Å²) >= 11 is 0. The maximum absolute atomic E-state index is 13.3. The van der Waals surface area contributed by atoms with Gasteiger partial charge in [-0.25, -0.2) is 4.68 Å². The van der Waals surface area contributed by atoms with E-state index in [9.17, 15) is 9.90 Å². The lowest BCUT2D eigenvalue weighted by Gasteiger charge is -2.47. The van der Waals surface area contributed by atoms with Gasteiger partial charge in [0.25, 0.3) is 0 Å². The molecule has 138 valence electrons. The summed E-state index contributed by atoms with van der Waals surface area (Å²) in [6.07, 6.45) is 6.80. The molecule has 2 aliphatic rings. The lowest BCUT2D eigenvalue weighted by molar-refractivity contribution is -0.147. The average Bonchev–Trinajstić information content (AvgIpc) is 3.20. The molecule has 2 aromatic rings. The topological polar surface area (TPSA) is 84.1 Å².